The van der Waals surface area contributed by atoms with Gasteiger partial charge in [0.25, 0.3) is 0 Å². The Morgan fingerprint density at radius 3 is 2.60 bits per heavy atom. The molecule has 0 fully saturated rings. The number of carbonyl (C=O) groups excluding carboxylic acids is 2. The average molecular weight is 272 g/mol. The summed E-state index contributed by atoms with van der Waals surface area (Å²) in [7, 11) is 0. The lowest BCUT2D eigenvalue weighted by Crippen LogP contribution is -2.09. The van der Waals surface area contributed by atoms with Crippen molar-refractivity contribution < 1.29 is 14.3 Å². The molecular weight excluding hydrogens is 252 g/mol. The molecule has 1 aliphatic heterocycles. The molecule has 0 saturated carbocycles. The number of ketones is 1. The molecule has 0 bridgehead atoms. The van der Waals surface area contributed by atoms with E-state index in [0.29, 0.717) is 18.4 Å². The Bertz CT molecular complexity index is 503. The third kappa shape index (κ3) is 4.34. The van der Waals surface area contributed by atoms with Gasteiger partial charge in [0, 0.05) is 12.8 Å². The van der Waals surface area contributed by atoms with Crippen LogP contribution in [-0.2, 0) is 16.0 Å². The highest BCUT2D eigenvalue weighted by Gasteiger charge is 2.11. The van der Waals surface area contributed by atoms with Crippen molar-refractivity contribution in [1.29, 1.82) is 0 Å². The molecule has 3 heteroatoms. The van der Waals surface area contributed by atoms with E-state index in [4.69, 9.17) is 4.74 Å². The molecule has 106 valence electrons. The zero-order valence-electron chi connectivity index (χ0n) is 11.6. The molecule has 1 heterocycles. The summed E-state index contributed by atoms with van der Waals surface area (Å²) in [6.45, 7) is 0.223. The molecule has 0 aliphatic carbocycles. The van der Waals surface area contributed by atoms with Crippen LogP contribution in [0.2, 0.25) is 0 Å². The number of ether oxygens (including phenoxy) is 1. The van der Waals surface area contributed by atoms with Gasteiger partial charge in [0.1, 0.15) is 12.4 Å². The van der Waals surface area contributed by atoms with Crippen LogP contribution < -0.4 is 0 Å². The normalized spacial score (nSPS) is 18.0. The first-order chi connectivity index (χ1) is 9.77. The van der Waals surface area contributed by atoms with E-state index in [0.717, 1.165) is 31.2 Å². The predicted octanol–water partition coefficient (Wildman–Crippen LogP) is 3.48. The Morgan fingerprint density at radius 2 is 1.70 bits per heavy atom. The molecule has 3 nitrogen and oxygen atoms in total. The van der Waals surface area contributed by atoms with Crippen molar-refractivity contribution in [3.05, 3.63) is 47.5 Å². The number of hydrogen-bond acceptors (Lipinski definition) is 3. The van der Waals surface area contributed by atoms with Crippen LogP contribution in [0.15, 0.2) is 36.4 Å². The Balaban J connectivity index is 2.09. The molecule has 0 atom stereocenters. The smallest absolute Gasteiger partial charge is 0.338 e. The summed E-state index contributed by atoms with van der Waals surface area (Å²) in [6.07, 6.45) is 8.40. The van der Waals surface area contributed by atoms with Crippen molar-refractivity contribution in [2.24, 2.45) is 0 Å². The third-order valence-corrected chi connectivity index (χ3v) is 3.46. The molecule has 2 rings (SSSR count). The number of esters is 1. The molecular formula is C17H20O3. The molecule has 1 aromatic carbocycles. The number of fused-ring (bicyclic) bond motifs is 1. The molecule has 20 heavy (non-hydrogen) atoms. The molecule has 0 N–H and O–H groups in total. The Labute approximate surface area is 119 Å². The van der Waals surface area contributed by atoms with Crippen LogP contribution >= 0.6 is 0 Å². The van der Waals surface area contributed by atoms with E-state index in [9.17, 15) is 9.59 Å². The van der Waals surface area contributed by atoms with Crippen molar-refractivity contribution in [2.75, 3.05) is 6.61 Å². The summed E-state index contributed by atoms with van der Waals surface area (Å²) in [4.78, 5) is 23.6. The molecule has 0 saturated heterocycles. The maximum Gasteiger partial charge on any atom is 0.338 e. The molecule has 0 aromatic heterocycles. The molecule has 0 radical (unpaired) electrons. The van der Waals surface area contributed by atoms with E-state index >= 15 is 0 Å². The fraction of sp³-hybridized carbons (Fsp3) is 0.412. The maximum atomic E-state index is 12.0. The van der Waals surface area contributed by atoms with Gasteiger partial charge in [0.05, 0.1) is 5.56 Å². The standard InChI is InChI=1S/C17H20O3/c18-15-10-3-1-2-8-14-9-4-5-12-16(14)17(19)20-13-7-6-11-15/h4-7,9,12H,1-3,8,10-11,13H2. The van der Waals surface area contributed by atoms with Gasteiger partial charge in [-0.15, -0.1) is 0 Å². The molecule has 0 spiro atoms. The second-order valence-corrected chi connectivity index (χ2v) is 5.03. The van der Waals surface area contributed by atoms with E-state index in [2.05, 4.69) is 0 Å². The molecule has 0 unspecified atom stereocenters. The van der Waals surface area contributed by atoms with Gasteiger partial charge < -0.3 is 4.74 Å². The monoisotopic (exact) mass is 272 g/mol. The van der Waals surface area contributed by atoms with Crippen molar-refractivity contribution in [3.63, 3.8) is 0 Å². The van der Waals surface area contributed by atoms with Gasteiger partial charge in [-0.25, -0.2) is 4.79 Å². The van der Waals surface area contributed by atoms with Gasteiger partial charge in [-0.1, -0.05) is 36.8 Å². The Kier molecular flexibility index (Phi) is 5.54. The van der Waals surface area contributed by atoms with Crippen LogP contribution in [0, 0.1) is 0 Å². The van der Waals surface area contributed by atoms with E-state index < -0.39 is 0 Å². The van der Waals surface area contributed by atoms with Crippen molar-refractivity contribution >= 4 is 11.8 Å². The van der Waals surface area contributed by atoms with Gasteiger partial charge in [-0.2, -0.15) is 0 Å². The lowest BCUT2D eigenvalue weighted by atomic mass is 10.00. The highest BCUT2D eigenvalue weighted by atomic mass is 16.5. The Hall–Kier alpha value is -1.90. The largest absolute Gasteiger partial charge is 0.458 e. The van der Waals surface area contributed by atoms with E-state index in [1.54, 1.807) is 12.2 Å². The number of rotatable bonds is 0. The SMILES string of the molecule is O=C1CC=CCOC(=O)c2ccccc2CCCCC1. The molecule has 0 amide bonds. The van der Waals surface area contributed by atoms with E-state index in [1.807, 2.05) is 24.3 Å². The number of carbonyl (C=O) groups is 2. The van der Waals surface area contributed by atoms with Crippen molar-refractivity contribution in [1.82, 2.24) is 0 Å². The number of cyclic esters (lactones) is 1. The lowest BCUT2D eigenvalue weighted by molar-refractivity contribution is -0.118. The van der Waals surface area contributed by atoms with Crippen LogP contribution in [0.1, 0.15) is 48.0 Å². The minimum absolute atomic E-state index is 0.223. The van der Waals surface area contributed by atoms with Crippen LogP contribution in [0.5, 0.6) is 0 Å². The van der Waals surface area contributed by atoms with Gasteiger partial charge in [0.2, 0.25) is 0 Å². The van der Waals surface area contributed by atoms with Crippen LogP contribution in [0.25, 0.3) is 0 Å². The number of aryl methyl sites for hydroxylation is 1. The van der Waals surface area contributed by atoms with Gasteiger partial charge in [0.15, 0.2) is 0 Å². The number of Topliss-reactive ketones (excluding diaryl/α,β-unsaturated/α-hetero) is 1. The van der Waals surface area contributed by atoms with E-state index in [1.165, 1.54) is 0 Å². The second kappa shape index (κ2) is 7.63. The first-order valence-electron chi connectivity index (χ1n) is 7.19. The summed E-state index contributed by atoms with van der Waals surface area (Å²) in [5.74, 6) is -0.0290. The van der Waals surface area contributed by atoms with Crippen molar-refractivity contribution in [2.45, 2.75) is 38.5 Å². The minimum atomic E-state index is -0.284. The molecule has 1 aliphatic rings. The quantitative estimate of drug-likeness (QED) is 0.536. The van der Waals surface area contributed by atoms with Crippen LogP contribution in [0.3, 0.4) is 0 Å². The lowest BCUT2D eigenvalue weighted by Gasteiger charge is -2.09. The topological polar surface area (TPSA) is 43.4 Å². The maximum absolute atomic E-state index is 12.0. The second-order valence-electron chi connectivity index (χ2n) is 5.03. The van der Waals surface area contributed by atoms with Gasteiger partial charge >= 0.3 is 5.97 Å². The number of hydrogen-bond donors (Lipinski definition) is 0. The number of benzene rings is 1. The summed E-state index contributed by atoms with van der Waals surface area (Å²) in [6, 6.07) is 7.59. The number of allylic oxidation sites excluding steroid dienone is 1. The first-order valence-corrected chi connectivity index (χ1v) is 7.19. The third-order valence-electron chi connectivity index (χ3n) is 3.46. The van der Waals surface area contributed by atoms with Crippen LogP contribution in [0.4, 0.5) is 0 Å². The first kappa shape index (κ1) is 14.5. The zero-order chi connectivity index (χ0) is 14.2. The summed E-state index contributed by atoms with van der Waals surface area (Å²) in [5, 5.41) is 0. The summed E-state index contributed by atoms with van der Waals surface area (Å²) >= 11 is 0. The van der Waals surface area contributed by atoms with Gasteiger partial charge in [-0.05, 0) is 30.9 Å². The van der Waals surface area contributed by atoms with Crippen LogP contribution in [-0.4, -0.2) is 18.4 Å². The summed E-state index contributed by atoms with van der Waals surface area (Å²) < 4.78 is 5.21. The molecule has 1 aromatic rings. The fourth-order valence-electron chi connectivity index (χ4n) is 2.34. The zero-order valence-corrected chi connectivity index (χ0v) is 11.6. The highest BCUT2D eigenvalue weighted by Crippen LogP contribution is 2.15. The highest BCUT2D eigenvalue weighted by molar-refractivity contribution is 5.91. The predicted molar refractivity (Wildman–Crippen MR) is 77.7 cm³/mol. The van der Waals surface area contributed by atoms with E-state index in [-0.39, 0.29) is 18.4 Å². The average Bonchev–Trinajstić information content (AvgIpc) is 2.46. The summed E-state index contributed by atoms with van der Waals surface area (Å²) in [5.41, 5.74) is 1.69. The van der Waals surface area contributed by atoms with Gasteiger partial charge in [-0.3, -0.25) is 4.79 Å². The Morgan fingerprint density at radius 1 is 0.900 bits per heavy atom. The fourth-order valence-corrected chi connectivity index (χ4v) is 2.34. The minimum Gasteiger partial charge on any atom is -0.458 e. The van der Waals surface area contributed by atoms with Crippen molar-refractivity contribution in [3.8, 4) is 0 Å².